The van der Waals surface area contributed by atoms with Crippen LogP contribution in [-0.4, -0.2) is 24.5 Å². The Bertz CT molecular complexity index is 873. The van der Waals surface area contributed by atoms with Crippen LogP contribution in [0.2, 0.25) is 0 Å². The standard InChI is InChI=1S/C27H35F2N.C2H3N/c1-2-30(21-15-22-10-4-3-5-11-22)20-7-12-23-24(26(28)16-8-17-26)13-6-14-25(23)27(29)18-9-19-27;1-2-3/h3-6,10-11,13-14H,2,7-9,12,15-21H2,1H3;1H3. The fraction of sp³-hybridized carbons (Fsp3) is 0.552. The number of nitrogens with zero attached hydrogens (tertiary/aromatic N) is 2. The Morgan fingerprint density at radius 3 is 1.85 bits per heavy atom. The molecule has 0 saturated heterocycles. The van der Waals surface area contributed by atoms with E-state index in [4.69, 9.17) is 5.26 Å². The van der Waals surface area contributed by atoms with E-state index in [0.29, 0.717) is 25.7 Å². The molecule has 0 spiro atoms. The molecule has 0 atom stereocenters. The molecule has 0 aromatic heterocycles. The first-order valence-electron chi connectivity index (χ1n) is 12.5. The van der Waals surface area contributed by atoms with Crippen LogP contribution in [0, 0.1) is 11.3 Å². The molecule has 0 bridgehead atoms. The van der Waals surface area contributed by atoms with Gasteiger partial charge in [0.2, 0.25) is 0 Å². The maximum Gasteiger partial charge on any atom is 0.136 e. The highest BCUT2D eigenvalue weighted by Gasteiger charge is 2.45. The largest absolute Gasteiger partial charge is 0.303 e. The normalized spacial score (nSPS) is 17.8. The van der Waals surface area contributed by atoms with Gasteiger partial charge in [-0.15, -0.1) is 0 Å². The molecule has 0 heterocycles. The molecule has 4 rings (SSSR count). The molecule has 2 aromatic carbocycles. The van der Waals surface area contributed by atoms with Gasteiger partial charge in [0, 0.05) is 13.5 Å². The summed E-state index contributed by atoms with van der Waals surface area (Å²) in [5.74, 6) is 0. The number of alkyl halides is 2. The van der Waals surface area contributed by atoms with Crippen LogP contribution in [-0.2, 0) is 24.2 Å². The van der Waals surface area contributed by atoms with Crippen molar-refractivity contribution in [3.63, 3.8) is 0 Å². The fourth-order valence-electron chi connectivity index (χ4n) is 5.05. The molecule has 2 aliphatic rings. The molecule has 2 saturated carbocycles. The zero-order valence-electron chi connectivity index (χ0n) is 20.3. The van der Waals surface area contributed by atoms with Crippen LogP contribution in [0.4, 0.5) is 8.78 Å². The van der Waals surface area contributed by atoms with Gasteiger partial charge in [-0.05, 0) is 93.1 Å². The second kappa shape index (κ2) is 11.7. The molecule has 0 radical (unpaired) electrons. The zero-order valence-corrected chi connectivity index (χ0v) is 20.3. The lowest BCUT2D eigenvalue weighted by molar-refractivity contribution is 0.0513. The summed E-state index contributed by atoms with van der Waals surface area (Å²) < 4.78 is 30.8. The van der Waals surface area contributed by atoms with Crippen molar-refractivity contribution >= 4 is 0 Å². The van der Waals surface area contributed by atoms with Gasteiger partial charge < -0.3 is 4.90 Å². The van der Waals surface area contributed by atoms with Crippen LogP contribution in [0.5, 0.6) is 0 Å². The van der Waals surface area contributed by atoms with Crippen LogP contribution in [0.1, 0.15) is 81.0 Å². The summed E-state index contributed by atoms with van der Waals surface area (Å²) in [6.45, 7) is 6.62. The minimum atomic E-state index is -1.23. The highest BCUT2D eigenvalue weighted by molar-refractivity contribution is 5.44. The van der Waals surface area contributed by atoms with Gasteiger partial charge >= 0.3 is 0 Å². The molecule has 0 amide bonds. The Morgan fingerprint density at radius 2 is 1.39 bits per heavy atom. The van der Waals surface area contributed by atoms with Gasteiger partial charge in [-0.3, -0.25) is 0 Å². The Hall–Kier alpha value is -2.25. The van der Waals surface area contributed by atoms with Crippen LogP contribution in [0.25, 0.3) is 0 Å². The first-order chi connectivity index (χ1) is 16.0. The number of halogens is 2. The molecule has 33 heavy (non-hydrogen) atoms. The van der Waals surface area contributed by atoms with Crippen LogP contribution < -0.4 is 0 Å². The van der Waals surface area contributed by atoms with Crippen LogP contribution in [0.3, 0.4) is 0 Å². The number of benzene rings is 2. The predicted molar refractivity (Wildman–Crippen MR) is 132 cm³/mol. The minimum Gasteiger partial charge on any atom is -0.303 e. The summed E-state index contributed by atoms with van der Waals surface area (Å²) in [5, 5.41) is 7.32. The second-order valence-electron chi connectivity index (χ2n) is 9.47. The quantitative estimate of drug-likeness (QED) is 0.375. The van der Waals surface area contributed by atoms with Crippen molar-refractivity contribution < 1.29 is 8.78 Å². The van der Waals surface area contributed by atoms with E-state index in [9.17, 15) is 0 Å². The molecular weight excluding hydrogens is 414 g/mol. The summed E-state index contributed by atoms with van der Waals surface area (Å²) in [6, 6.07) is 18.1. The van der Waals surface area contributed by atoms with E-state index in [-0.39, 0.29) is 0 Å². The van der Waals surface area contributed by atoms with Crippen molar-refractivity contribution in [2.24, 2.45) is 0 Å². The van der Waals surface area contributed by atoms with E-state index in [1.165, 1.54) is 12.5 Å². The molecule has 2 nitrogen and oxygen atoms in total. The summed E-state index contributed by atoms with van der Waals surface area (Å²) in [5.41, 5.74) is 1.43. The zero-order chi connectivity index (χ0) is 23.7. The number of hydrogen-bond donors (Lipinski definition) is 0. The topological polar surface area (TPSA) is 27.0 Å². The van der Waals surface area contributed by atoms with Gasteiger partial charge in [0.1, 0.15) is 11.3 Å². The van der Waals surface area contributed by atoms with Crippen LogP contribution in [0.15, 0.2) is 48.5 Å². The van der Waals surface area contributed by atoms with E-state index in [1.807, 2.05) is 18.2 Å². The van der Waals surface area contributed by atoms with E-state index in [1.54, 1.807) is 6.07 Å². The Balaban J connectivity index is 0.000000968. The van der Waals surface area contributed by atoms with Gasteiger partial charge in [-0.2, -0.15) is 5.26 Å². The monoisotopic (exact) mass is 452 g/mol. The Labute approximate surface area is 198 Å². The van der Waals surface area contributed by atoms with Crippen molar-refractivity contribution in [1.82, 2.24) is 4.90 Å². The molecule has 0 aliphatic heterocycles. The maximum atomic E-state index is 15.4. The Kier molecular flexibility index (Phi) is 9.03. The van der Waals surface area contributed by atoms with Gasteiger partial charge in [0.15, 0.2) is 0 Å². The third-order valence-corrected chi connectivity index (χ3v) is 7.34. The highest BCUT2D eigenvalue weighted by Crippen LogP contribution is 2.51. The third kappa shape index (κ3) is 6.21. The van der Waals surface area contributed by atoms with Crippen molar-refractivity contribution in [1.29, 1.82) is 5.26 Å². The van der Waals surface area contributed by atoms with Gasteiger partial charge in [0.05, 0.1) is 6.07 Å². The molecule has 2 fully saturated rings. The Morgan fingerprint density at radius 1 is 0.848 bits per heavy atom. The molecule has 178 valence electrons. The van der Waals surface area contributed by atoms with Gasteiger partial charge in [0.25, 0.3) is 0 Å². The molecule has 4 heteroatoms. The fourth-order valence-corrected chi connectivity index (χ4v) is 5.05. The molecule has 2 aliphatic carbocycles. The van der Waals surface area contributed by atoms with E-state index >= 15 is 8.78 Å². The lowest BCUT2D eigenvalue weighted by Gasteiger charge is -2.40. The average molecular weight is 453 g/mol. The number of nitriles is 1. The van der Waals surface area contributed by atoms with E-state index < -0.39 is 11.3 Å². The lowest BCUT2D eigenvalue weighted by Crippen LogP contribution is -2.34. The first-order valence-corrected chi connectivity index (χ1v) is 12.5. The summed E-state index contributed by atoms with van der Waals surface area (Å²) in [6.07, 6.45) is 6.96. The van der Waals surface area contributed by atoms with Crippen molar-refractivity contribution in [2.45, 2.75) is 83.0 Å². The first kappa shape index (κ1) is 25.4. The van der Waals surface area contributed by atoms with Crippen molar-refractivity contribution in [2.75, 3.05) is 19.6 Å². The number of likely N-dealkylation sites (N-methyl/N-ethyl adjacent to an activating group) is 1. The van der Waals surface area contributed by atoms with Crippen molar-refractivity contribution in [3.05, 3.63) is 70.8 Å². The smallest absolute Gasteiger partial charge is 0.136 e. The van der Waals surface area contributed by atoms with Gasteiger partial charge in [-0.1, -0.05) is 55.5 Å². The van der Waals surface area contributed by atoms with Gasteiger partial charge in [-0.25, -0.2) is 8.78 Å². The molecule has 0 N–H and O–H groups in total. The van der Waals surface area contributed by atoms with Crippen molar-refractivity contribution in [3.8, 4) is 6.07 Å². The summed E-state index contributed by atoms with van der Waals surface area (Å²) in [4.78, 5) is 2.46. The minimum absolute atomic E-state index is 0.584. The lowest BCUT2D eigenvalue weighted by atomic mass is 9.69. The molecule has 2 aromatic rings. The highest BCUT2D eigenvalue weighted by atomic mass is 19.1. The predicted octanol–water partition coefficient (Wildman–Crippen LogP) is 7.41. The molecular formula is C29H38F2N2. The van der Waals surface area contributed by atoms with E-state index in [0.717, 1.165) is 68.4 Å². The maximum absolute atomic E-state index is 15.4. The summed E-state index contributed by atoms with van der Waals surface area (Å²) in [7, 11) is 0. The summed E-state index contributed by atoms with van der Waals surface area (Å²) >= 11 is 0. The number of rotatable bonds is 10. The second-order valence-corrected chi connectivity index (χ2v) is 9.47. The number of hydrogen-bond acceptors (Lipinski definition) is 2. The van der Waals surface area contributed by atoms with Crippen LogP contribution >= 0.6 is 0 Å². The molecule has 0 unspecified atom stereocenters. The third-order valence-electron chi connectivity index (χ3n) is 7.34. The average Bonchev–Trinajstić information content (AvgIpc) is 2.79. The SMILES string of the molecule is CC#N.CCN(CCCc1c(C2(F)CCC2)cccc1C1(F)CCC1)CCc1ccccc1. The van der Waals surface area contributed by atoms with E-state index in [2.05, 4.69) is 42.2 Å².